The van der Waals surface area contributed by atoms with E-state index in [-0.39, 0.29) is 0 Å². The number of pyridine rings is 1. The highest BCUT2D eigenvalue weighted by Gasteiger charge is 2.22. The summed E-state index contributed by atoms with van der Waals surface area (Å²) in [4.78, 5) is 15.2. The van der Waals surface area contributed by atoms with Crippen LogP contribution in [-0.4, -0.2) is 43.9 Å². The van der Waals surface area contributed by atoms with Crippen molar-refractivity contribution >= 4 is 5.71 Å². The number of benzene rings is 1. The molecule has 1 aliphatic carbocycles. The Morgan fingerprint density at radius 1 is 1.00 bits per heavy atom. The number of rotatable bonds is 4. The number of H-pyrrole nitrogens is 1. The first-order valence-electron chi connectivity index (χ1n) is 10.4. The molecule has 6 nitrogen and oxygen atoms in total. The van der Waals surface area contributed by atoms with Crippen LogP contribution in [0.2, 0.25) is 0 Å². The average molecular weight is 387 g/mol. The van der Waals surface area contributed by atoms with Gasteiger partial charge in [-0.3, -0.25) is 9.88 Å². The van der Waals surface area contributed by atoms with Crippen molar-refractivity contribution in [2.24, 2.45) is 5.16 Å². The molecule has 6 heteroatoms. The van der Waals surface area contributed by atoms with E-state index in [1.54, 1.807) is 0 Å². The maximum atomic E-state index is 9.21. The van der Waals surface area contributed by atoms with Gasteiger partial charge in [-0.05, 0) is 62.5 Å². The summed E-state index contributed by atoms with van der Waals surface area (Å²) in [6, 6.07) is 10.4. The summed E-state index contributed by atoms with van der Waals surface area (Å²) in [5.41, 5.74) is 7.23. The molecule has 5 rings (SSSR count). The Balaban J connectivity index is 1.54. The fourth-order valence-corrected chi connectivity index (χ4v) is 4.48. The van der Waals surface area contributed by atoms with E-state index in [9.17, 15) is 5.21 Å². The van der Waals surface area contributed by atoms with Gasteiger partial charge in [0.15, 0.2) is 0 Å². The number of hydrogen-bond donors (Lipinski definition) is 2. The molecule has 0 radical (unpaired) electrons. The standard InChI is InChI=1S/C23H25N5O/c29-27-20-7-5-17-14-18(4-6-19(17)20)23-22(16-8-10-24-11-9-16)25-21(26-23)15-28-12-2-1-3-13-28/h4,6,8-11,14,29H,1-3,5,7,12-13,15H2,(H,25,26)/b27-20+. The zero-order chi connectivity index (χ0) is 19.6. The van der Waals surface area contributed by atoms with E-state index in [0.29, 0.717) is 0 Å². The maximum Gasteiger partial charge on any atom is 0.121 e. The molecule has 0 atom stereocenters. The molecular formula is C23H25N5O. The summed E-state index contributed by atoms with van der Waals surface area (Å²) in [5, 5.41) is 12.7. The summed E-state index contributed by atoms with van der Waals surface area (Å²) < 4.78 is 0. The van der Waals surface area contributed by atoms with Crippen molar-refractivity contribution in [3.8, 4) is 22.5 Å². The van der Waals surface area contributed by atoms with Gasteiger partial charge < -0.3 is 10.2 Å². The number of aromatic nitrogens is 3. The van der Waals surface area contributed by atoms with Crippen molar-refractivity contribution in [3.05, 3.63) is 59.7 Å². The van der Waals surface area contributed by atoms with E-state index in [4.69, 9.17) is 4.98 Å². The second kappa shape index (κ2) is 7.79. The van der Waals surface area contributed by atoms with Gasteiger partial charge in [0.25, 0.3) is 0 Å². The zero-order valence-electron chi connectivity index (χ0n) is 16.4. The van der Waals surface area contributed by atoms with Crippen molar-refractivity contribution in [1.82, 2.24) is 19.9 Å². The smallest absolute Gasteiger partial charge is 0.121 e. The highest BCUT2D eigenvalue weighted by atomic mass is 16.4. The molecule has 29 heavy (non-hydrogen) atoms. The largest absolute Gasteiger partial charge is 0.411 e. The predicted octanol–water partition coefficient (Wildman–Crippen LogP) is 4.25. The summed E-state index contributed by atoms with van der Waals surface area (Å²) in [6.45, 7) is 3.13. The summed E-state index contributed by atoms with van der Waals surface area (Å²) in [5.74, 6) is 1.01. The van der Waals surface area contributed by atoms with E-state index in [2.05, 4.69) is 38.2 Å². The lowest BCUT2D eigenvalue weighted by molar-refractivity contribution is 0.216. The molecule has 0 spiro atoms. The van der Waals surface area contributed by atoms with Gasteiger partial charge in [0, 0.05) is 29.1 Å². The third-order valence-corrected chi connectivity index (χ3v) is 5.99. The molecule has 1 saturated heterocycles. The van der Waals surface area contributed by atoms with Gasteiger partial charge in [-0.2, -0.15) is 0 Å². The average Bonchev–Trinajstić information content (AvgIpc) is 3.38. The Labute approximate surface area is 170 Å². The molecule has 2 aromatic heterocycles. The van der Waals surface area contributed by atoms with Gasteiger partial charge >= 0.3 is 0 Å². The summed E-state index contributed by atoms with van der Waals surface area (Å²) >= 11 is 0. The van der Waals surface area contributed by atoms with E-state index in [1.165, 1.54) is 24.8 Å². The number of aromatic amines is 1. The number of fused-ring (bicyclic) bond motifs is 1. The van der Waals surface area contributed by atoms with Gasteiger partial charge in [-0.15, -0.1) is 0 Å². The first-order chi connectivity index (χ1) is 14.3. The molecule has 0 amide bonds. The van der Waals surface area contributed by atoms with Gasteiger partial charge in [0.1, 0.15) is 5.82 Å². The Morgan fingerprint density at radius 2 is 1.83 bits per heavy atom. The number of hydrogen-bond acceptors (Lipinski definition) is 5. The number of piperidine rings is 1. The summed E-state index contributed by atoms with van der Waals surface area (Å²) in [6.07, 6.45) is 9.19. The lowest BCUT2D eigenvalue weighted by Crippen LogP contribution is -2.29. The third-order valence-electron chi connectivity index (χ3n) is 5.99. The normalized spacial score (nSPS) is 18.3. The number of nitrogens with zero attached hydrogens (tertiary/aromatic N) is 4. The van der Waals surface area contributed by atoms with Crippen LogP contribution in [-0.2, 0) is 13.0 Å². The number of aryl methyl sites for hydroxylation is 1. The van der Waals surface area contributed by atoms with Gasteiger partial charge in [0.05, 0.1) is 23.6 Å². The highest BCUT2D eigenvalue weighted by molar-refractivity contribution is 6.04. The fourth-order valence-electron chi connectivity index (χ4n) is 4.48. The van der Waals surface area contributed by atoms with Crippen LogP contribution in [0.1, 0.15) is 42.6 Å². The third kappa shape index (κ3) is 3.56. The molecule has 3 aromatic rings. The second-order valence-electron chi connectivity index (χ2n) is 7.90. The number of oxime groups is 1. The molecule has 0 bridgehead atoms. The second-order valence-corrected chi connectivity index (χ2v) is 7.90. The lowest BCUT2D eigenvalue weighted by Gasteiger charge is -2.25. The molecule has 3 heterocycles. The maximum absolute atomic E-state index is 9.21. The lowest BCUT2D eigenvalue weighted by atomic mass is 10.0. The number of nitrogens with one attached hydrogen (secondary N) is 1. The quantitative estimate of drug-likeness (QED) is 0.518. The van der Waals surface area contributed by atoms with E-state index in [1.807, 2.05) is 24.5 Å². The Morgan fingerprint density at radius 3 is 2.62 bits per heavy atom. The van der Waals surface area contributed by atoms with Crippen molar-refractivity contribution in [2.45, 2.75) is 38.6 Å². The van der Waals surface area contributed by atoms with Crippen LogP contribution in [0.25, 0.3) is 22.5 Å². The van der Waals surface area contributed by atoms with Gasteiger partial charge in [-0.1, -0.05) is 23.7 Å². The SMILES string of the molecule is O/N=C1\CCc2cc(-c3nc(CN4CCCCC4)[nH]c3-c3ccncc3)ccc21. The van der Waals surface area contributed by atoms with Gasteiger partial charge in [0.2, 0.25) is 0 Å². The minimum absolute atomic E-state index is 0.772. The molecule has 1 aliphatic heterocycles. The Kier molecular flexibility index (Phi) is 4.86. The fraction of sp³-hybridized carbons (Fsp3) is 0.348. The molecular weight excluding hydrogens is 362 g/mol. The van der Waals surface area contributed by atoms with Crippen LogP contribution in [0.5, 0.6) is 0 Å². The molecule has 148 valence electrons. The van der Waals surface area contributed by atoms with E-state index in [0.717, 1.165) is 72.1 Å². The highest BCUT2D eigenvalue weighted by Crippen LogP contribution is 2.33. The van der Waals surface area contributed by atoms with Crippen molar-refractivity contribution in [1.29, 1.82) is 0 Å². The van der Waals surface area contributed by atoms with Crippen molar-refractivity contribution < 1.29 is 5.21 Å². The van der Waals surface area contributed by atoms with Crippen LogP contribution in [0.3, 0.4) is 0 Å². The Hall–Kier alpha value is -2.99. The first kappa shape index (κ1) is 18.1. The monoisotopic (exact) mass is 387 g/mol. The van der Waals surface area contributed by atoms with Crippen LogP contribution in [0.15, 0.2) is 47.9 Å². The molecule has 2 N–H and O–H groups in total. The van der Waals surface area contributed by atoms with Crippen molar-refractivity contribution in [2.75, 3.05) is 13.1 Å². The molecule has 0 unspecified atom stereocenters. The summed E-state index contributed by atoms with van der Waals surface area (Å²) in [7, 11) is 0. The van der Waals surface area contributed by atoms with Crippen LogP contribution >= 0.6 is 0 Å². The first-order valence-corrected chi connectivity index (χ1v) is 10.4. The molecule has 1 aromatic carbocycles. The molecule has 2 aliphatic rings. The van der Waals surface area contributed by atoms with E-state index < -0.39 is 0 Å². The van der Waals surface area contributed by atoms with E-state index >= 15 is 0 Å². The minimum Gasteiger partial charge on any atom is -0.411 e. The molecule has 0 saturated carbocycles. The predicted molar refractivity (Wildman–Crippen MR) is 113 cm³/mol. The van der Waals surface area contributed by atoms with Crippen LogP contribution in [0.4, 0.5) is 0 Å². The topological polar surface area (TPSA) is 77.4 Å². The number of likely N-dealkylation sites (tertiary alicyclic amines) is 1. The van der Waals surface area contributed by atoms with Crippen molar-refractivity contribution in [3.63, 3.8) is 0 Å². The zero-order valence-corrected chi connectivity index (χ0v) is 16.4. The number of imidazole rings is 1. The Bertz CT molecular complexity index is 1030. The van der Waals surface area contributed by atoms with Crippen LogP contribution < -0.4 is 0 Å². The van der Waals surface area contributed by atoms with Gasteiger partial charge in [-0.25, -0.2) is 4.98 Å². The van der Waals surface area contributed by atoms with Crippen LogP contribution in [0, 0.1) is 0 Å². The minimum atomic E-state index is 0.772. The molecule has 1 fully saturated rings.